The van der Waals surface area contributed by atoms with Crippen molar-refractivity contribution in [3.05, 3.63) is 68.7 Å². The van der Waals surface area contributed by atoms with Crippen molar-refractivity contribution in [2.45, 2.75) is 6.10 Å². The summed E-state index contributed by atoms with van der Waals surface area (Å²) in [5.74, 6) is -0.409. The van der Waals surface area contributed by atoms with E-state index in [1.54, 1.807) is 42.5 Å². The number of carbonyl (C=O) groups is 1. The maximum atomic E-state index is 12.0. The fraction of sp³-hybridized carbons (Fsp3) is 0.133. The predicted octanol–water partition coefficient (Wildman–Crippen LogP) is 4.11. The molecule has 0 fully saturated rings. The van der Waals surface area contributed by atoms with Gasteiger partial charge in [-0.05, 0) is 18.2 Å². The highest BCUT2D eigenvalue weighted by Crippen LogP contribution is 2.26. The van der Waals surface area contributed by atoms with Gasteiger partial charge in [0.2, 0.25) is 0 Å². The number of halogens is 3. The lowest BCUT2D eigenvalue weighted by Gasteiger charge is -2.14. The average Bonchev–Trinajstić information content (AvgIpc) is 2.47. The molecule has 0 heterocycles. The summed E-state index contributed by atoms with van der Waals surface area (Å²) in [4.78, 5) is 12.0. The molecule has 0 saturated carbocycles. The molecule has 2 rings (SSSR count). The SMILES string of the molecule is O=C(NCC(O)c1ccccc1Cl)c1cccc(Cl)c1Cl. The van der Waals surface area contributed by atoms with Crippen LogP contribution in [-0.2, 0) is 0 Å². The lowest BCUT2D eigenvalue weighted by molar-refractivity contribution is 0.0916. The molecule has 21 heavy (non-hydrogen) atoms. The molecular formula is C15H12Cl3NO2. The second kappa shape index (κ2) is 7.14. The highest BCUT2D eigenvalue weighted by molar-refractivity contribution is 6.43. The van der Waals surface area contributed by atoms with E-state index in [1.807, 2.05) is 0 Å². The van der Waals surface area contributed by atoms with Crippen molar-refractivity contribution < 1.29 is 9.90 Å². The molecule has 6 heteroatoms. The number of carbonyl (C=O) groups excluding carboxylic acids is 1. The molecule has 0 saturated heterocycles. The van der Waals surface area contributed by atoms with E-state index in [0.29, 0.717) is 15.6 Å². The molecule has 110 valence electrons. The molecule has 1 unspecified atom stereocenters. The Morgan fingerprint density at radius 2 is 1.71 bits per heavy atom. The van der Waals surface area contributed by atoms with Crippen LogP contribution in [0.2, 0.25) is 15.1 Å². The molecule has 0 spiro atoms. The summed E-state index contributed by atoms with van der Waals surface area (Å²) in [5.41, 5.74) is 0.812. The van der Waals surface area contributed by atoms with Gasteiger partial charge in [-0.1, -0.05) is 59.1 Å². The van der Waals surface area contributed by atoms with Crippen LogP contribution in [0.5, 0.6) is 0 Å². The molecule has 1 atom stereocenters. The van der Waals surface area contributed by atoms with E-state index >= 15 is 0 Å². The van der Waals surface area contributed by atoms with E-state index in [1.165, 1.54) is 0 Å². The molecule has 1 amide bonds. The van der Waals surface area contributed by atoms with Crippen LogP contribution in [0.3, 0.4) is 0 Å². The summed E-state index contributed by atoms with van der Waals surface area (Å²) >= 11 is 17.8. The van der Waals surface area contributed by atoms with E-state index in [0.717, 1.165) is 0 Å². The first-order valence-electron chi connectivity index (χ1n) is 6.15. The minimum atomic E-state index is -0.902. The minimum Gasteiger partial charge on any atom is -0.387 e. The highest BCUT2D eigenvalue weighted by atomic mass is 35.5. The van der Waals surface area contributed by atoms with Gasteiger partial charge in [0.25, 0.3) is 5.91 Å². The van der Waals surface area contributed by atoms with E-state index < -0.39 is 12.0 Å². The number of hydrogen-bond donors (Lipinski definition) is 2. The highest BCUT2D eigenvalue weighted by Gasteiger charge is 2.15. The molecule has 0 bridgehead atoms. The third kappa shape index (κ3) is 3.89. The van der Waals surface area contributed by atoms with Crippen LogP contribution in [0.25, 0.3) is 0 Å². The molecular weight excluding hydrogens is 333 g/mol. The van der Waals surface area contributed by atoms with Crippen LogP contribution in [-0.4, -0.2) is 17.6 Å². The van der Waals surface area contributed by atoms with Gasteiger partial charge in [-0.2, -0.15) is 0 Å². The number of hydrogen-bond acceptors (Lipinski definition) is 2. The van der Waals surface area contributed by atoms with Crippen molar-refractivity contribution in [1.82, 2.24) is 5.32 Å². The van der Waals surface area contributed by atoms with Crippen LogP contribution >= 0.6 is 34.8 Å². The molecule has 3 nitrogen and oxygen atoms in total. The van der Waals surface area contributed by atoms with Gasteiger partial charge in [0.15, 0.2) is 0 Å². The summed E-state index contributed by atoms with van der Waals surface area (Å²) in [6.07, 6.45) is -0.902. The van der Waals surface area contributed by atoms with Crippen LogP contribution in [0.4, 0.5) is 0 Å². The summed E-state index contributed by atoms with van der Waals surface area (Å²) in [5, 5.41) is 13.6. The van der Waals surface area contributed by atoms with Crippen molar-refractivity contribution in [3.63, 3.8) is 0 Å². The normalized spacial score (nSPS) is 12.0. The van der Waals surface area contributed by atoms with Crippen molar-refractivity contribution in [1.29, 1.82) is 0 Å². The first-order valence-corrected chi connectivity index (χ1v) is 7.29. The smallest absolute Gasteiger partial charge is 0.252 e. The van der Waals surface area contributed by atoms with E-state index in [4.69, 9.17) is 34.8 Å². The first-order chi connectivity index (χ1) is 10.0. The Balaban J connectivity index is 2.04. The van der Waals surface area contributed by atoms with E-state index in [9.17, 15) is 9.90 Å². The monoisotopic (exact) mass is 343 g/mol. The van der Waals surface area contributed by atoms with Gasteiger partial charge < -0.3 is 10.4 Å². The fourth-order valence-corrected chi connectivity index (χ4v) is 2.47. The summed E-state index contributed by atoms with van der Waals surface area (Å²) in [7, 11) is 0. The maximum Gasteiger partial charge on any atom is 0.252 e. The first kappa shape index (κ1) is 16.1. The van der Waals surface area contributed by atoms with E-state index in [-0.39, 0.29) is 17.1 Å². The number of aliphatic hydroxyl groups is 1. The Kier molecular flexibility index (Phi) is 5.48. The van der Waals surface area contributed by atoms with Gasteiger partial charge in [-0.25, -0.2) is 0 Å². The molecule has 2 N–H and O–H groups in total. The Morgan fingerprint density at radius 3 is 2.43 bits per heavy atom. The number of nitrogens with one attached hydrogen (secondary N) is 1. The predicted molar refractivity (Wildman–Crippen MR) is 85.2 cm³/mol. The number of aliphatic hydroxyl groups excluding tert-OH is 1. The van der Waals surface area contributed by atoms with Gasteiger partial charge in [-0.15, -0.1) is 0 Å². The van der Waals surface area contributed by atoms with Crippen LogP contribution in [0.1, 0.15) is 22.0 Å². The van der Waals surface area contributed by atoms with Crippen molar-refractivity contribution >= 4 is 40.7 Å². The number of benzene rings is 2. The van der Waals surface area contributed by atoms with Crippen molar-refractivity contribution in [3.8, 4) is 0 Å². The molecule has 0 aliphatic heterocycles. The lowest BCUT2D eigenvalue weighted by atomic mass is 10.1. The van der Waals surface area contributed by atoms with Crippen LogP contribution in [0, 0.1) is 0 Å². The fourth-order valence-electron chi connectivity index (χ4n) is 1.82. The third-order valence-corrected chi connectivity index (χ3v) is 4.08. The average molecular weight is 345 g/mol. The van der Waals surface area contributed by atoms with Gasteiger partial charge in [-0.3, -0.25) is 4.79 Å². The Morgan fingerprint density at radius 1 is 1.05 bits per heavy atom. The van der Waals surface area contributed by atoms with Crippen LogP contribution in [0.15, 0.2) is 42.5 Å². The summed E-state index contributed by atoms with van der Waals surface area (Å²) in [6, 6.07) is 11.7. The van der Waals surface area contributed by atoms with Gasteiger partial charge >= 0.3 is 0 Å². The van der Waals surface area contributed by atoms with E-state index in [2.05, 4.69) is 5.32 Å². The Bertz CT molecular complexity index is 661. The third-order valence-electron chi connectivity index (χ3n) is 2.92. The molecule has 2 aromatic carbocycles. The molecule has 0 aliphatic rings. The zero-order chi connectivity index (χ0) is 15.4. The lowest BCUT2D eigenvalue weighted by Crippen LogP contribution is -2.28. The molecule has 2 aromatic rings. The Hall–Kier alpha value is -1.26. The van der Waals surface area contributed by atoms with Crippen LogP contribution < -0.4 is 5.32 Å². The summed E-state index contributed by atoms with van der Waals surface area (Å²) in [6.45, 7) is 0.0193. The van der Waals surface area contributed by atoms with Gasteiger partial charge in [0, 0.05) is 17.1 Å². The second-order valence-electron chi connectivity index (χ2n) is 4.35. The minimum absolute atomic E-state index is 0.0193. The number of amides is 1. The van der Waals surface area contributed by atoms with Gasteiger partial charge in [0.1, 0.15) is 0 Å². The quantitative estimate of drug-likeness (QED) is 0.877. The molecule has 0 aromatic heterocycles. The zero-order valence-electron chi connectivity index (χ0n) is 10.8. The number of rotatable bonds is 4. The van der Waals surface area contributed by atoms with Gasteiger partial charge in [0.05, 0.1) is 21.7 Å². The maximum absolute atomic E-state index is 12.0. The van der Waals surface area contributed by atoms with Crippen molar-refractivity contribution in [2.24, 2.45) is 0 Å². The Labute approximate surface area is 137 Å². The second-order valence-corrected chi connectivity index (χ2v) is 5.54. The molecule has 0 aliphatic carbocycles. The molecule has 0 radical (unpaired) electrons. The largest absolute Gasteiger partial charge is 0.387 e. The van der Waals surface area contributed by atoms with Crippen molar-refractivity contribution in [2.75, 3.05) is 6.54 Å². The topological polar surface area (TPSA) is 49.3 Å². The zero-order valence-corrected chi connectivity index (χ0v) is 13.1. The summed E-state index contributed by atoms with van der Waals surface area (Å²) < 4.78 is 0. The standard InChI is InChI=1S/C15H12Cl3NO2/c16-11-6-2-1-4-9(11)13(20)8-19-15(21)10-5-3-7-12(17)14(10)18/h1-7,13,20H,8H2,(H,19,21).